The molecule has 0 bridgehead atoms. The number of para-hydroxylation sites is 1. The molecule has 0 unspecified atom stereocenters. The minimum absolute atomic E-state index is 0.0652. The lowest BCUT2D eigenvalue weighted by Gasteiger charge is -2.21. The highest BCUT2D eigenvalue weighted by molar-refractivity contribution is 6.02. The molecule has 2 amide bonds. The Morgan fingerprint density at radius 1 is 0.897 bits per heavy atom. The van der Waals surface area contributed by atoms with Gasteiger partial charge in [0.1, 0.15) is 5.69 Å². The Hall–Kier alpha value is -3.90. The van der Waals surface area contributed by atoms with Gasteiger partial charge < -0.3 is 19.7 Å². The number of benzene rings is 3. The van der Waals surface area contributed by atoms with Gasteiger partial charge in [0.2, 0.25) is 5.91 Å². The lowest BCUT2D eigenvalue weighted by molar-refractivity contribution is -0.127. The summed E-state index contributed by atoms with van der Waals surface area (Å²) in [6, 6.07) is 29.3. The SMILES string of the molecule is CN(C)CCn1c(C(=O)NCCCN2CCCC2=O)c(C(c2ccccc2)c2ccccc2)c2ccccc21. The molecule has 0 spiro atoms. The number of nitrogens with one attached hydrogen (secondary N) is 1. The molecule has 1 saturated heterocycles. The number of fused-ring (bicyclic) bond motifs is 1. The fourth-order valence-corrected chi connectivity index (χ4v) is 5.71. The van der Waals surface area contributed by atoms with Gasteiger partial charge in [-0.05, 0) is 44.1 Å². The van der Waals surface area contributed by atoms with Gasteiger partial charge in [-0.3, -0.25) is 9.59 Å². The highest BCUT2D eigenvalue weighted by Crippen LogP contribution is 2.40. The van der Waals surface area contributed by atoms with Gasteiger partial charge in [0.25, 0.3) is 5.91 Å². The van der Waals surface area contributed by atoms with Crippen molar-refractivity contribution in [2.75, 3.05) is 40.3 Å². The van der Waals surface area contributed by atoms with Crippen molar-refractivity contribution < 1.29 is 9.59 Å². The van der Waals surface area contributed by atoms with E-state index >= 15 is 0 Å². The van der Waals surface area contributed by atoms with Crippen LogP contribution in [0.1, 0.15) is 52.4 Å². The standard InChI is InChI=1S/C33H38N4O2/c1-35(2)23-24-37-28-18-10-9-17-27(28)31(30(25-13-5-3-6-14-25)26-15-7-4-8-16-26)32(37)33(39)34-20-12-22-36-21-11-19-29(36)38/h3-10,13-18,30H,11-12,19-24H2,1-2H3,(H,34,39). The number of hydrogen-bond acceptors (Lipinski definition) is 3. The number of likely N-dealkylation sites (tertiary alicyclic amines) is 1. The largest absolute Gasteiger partial charge is 0.351 e. The second-order valence-corrected chi connectivity index (χ2v) is 10.6. The molecule has 0 radical (unpaired) electrons. The first-order chi connectivity index (χ1) is 19.0. The van der Waals surface area contributed by atoms with Gasteiger partial charge in [0, 0.05) is 61.5 Å². The summed E-state index contributed by atoms with van der Waals surface area (Å²) >= 11 is 0. The van der Waals surface area contributed by atoms with Crippen molar-refractivity contribution in [1.29, 1.82) is 0 Å². The van der Waals surface area contributed by atoms with Gasteiger partial charge >= 0.3 is 0 Å². The van der Waals surface area contributed by atoms with Crippen molar-refractivity contribution in [3.8, 4) is 0 Å². The van der Waals surface area contributed by atoms with E-state index in [2.05, 4.69) is 95.6 Å². The van der Waals surface area contributed by atoms with Crippen molar-refractivity contribution in [3.05, 3.63) is 107 Å². The highest BCUT2D eigenvalue weighted by atomic mass is 16.2. The lowest BCUT2D eigenvalue weighted by atomic mass is 9.83. The predicted octanol–water partition coefficient (Wildman–Crippen LogP) is 5.13. The van der Waals surface area contributed by atoms with Crippen LogP contribution in [-0.4, -0.2) is 66.5 Å². The molecule has 0 saturated carbocycles. The summed E-state index contributed by atoms with van der Waals surface area (Å²) in [7, 11) is 4.12. The van der Waals surface area contributed by atoms with Gasteiger partial charge in [0.15, 0.2) is 0 Å². The maximum absolute atomic E-state index is 14.1. The van der Waals surface area contributed by atoms with Crippen molar-refractivity contribution in [3.63, 3.8) is 0 Å². The summed E-state index contributed by atoms with van der Waals surface area (Å²) in [5.41, 5.74) is 5.13. The molecule has 2 heterocycles. The van der Waals surface area contributed by atoms with E-state index in [0.717, 1.165) is 53.5 Å². The normalized spacial score (nSPS) is 13.6. The molecule has 0 atom stereocenters. The van der Waals surface area contributed by atoms with Crippen LogP contribution < -0.4 is 5.32 Å². The van der Waals surface area contributed by atoms with Gasteiger partial charge in [-0.15, -0.1) is 0 Å². The third-order valence-corrected chi connectivity index (χ3v) is 7.61. The molecule has 0 aliphatic carbocycles. The Balaban J connectivity index is 1.58. The van der Waals surface area contributed by atoms with Crippen LogP contribution in [0, 0.1) is 0 Å². The second kappa shape index (κ2) is 12.3. The van der Waals surface area contributed by atoms with Gasteiger partial charge in [-0.1, -0.05) is 78.9 Å². The quantitative estimate of drug-likeness (QED) is 0.278. The molecule has 5 rings (SSSR count). The zero-order valence-electron chi connectivity index (χ0n) is 23.0. The molecule has 1 aliphatic heterocycles. The molecule has 39 heavy (non-hydrogen) atoms. The van der Waals surface area contributed by atoms with E-state index in [9.17, 15) is 9.59 Å². The van der Waals surface area contributed by atoms with E-state index in [1.807, 2.05) is 23.1 Å². The number of aromatic nitrogens is 1. The summed E-state index contributed by atoms with van der Waals surface area (Å²) in [5.74, 6) is 0.0615. The zero-order valence-corrected chi connectivity index (χ0v) is 23.0. The molecular weight excluding hydrogens is 484 g/mol. The first-order valence-electron chi connectivity index (χ1n) is 14.0. The number of carbonyl (C=O) groups is 2. The van der Waals surface area contributed by atoms with Crippen LogP contribution in [0.15, 0.2) is 84.9 Å². The van der Waals surface area contributed by atoms with Crippen LogP contribution in [0.5, 0.6) is 0 Å². The van der Waals surface area contributed by atoms with Crippen LogP contribution in [0.3, 0.4) is 0 Å². The fraction of sp³-hybridized carbons (Fsp3) is 0.333. The number of hydrogen-bond donors (Lipinski definition) is 1. The summed E-state index contributed by atoms with van der Waals surface area (Å²) in [4.78, 5) is 30.2. The van der Waals surface area contributed by atoms with E-state index in [4.69, 9.17) is 0 Å². The minimum Gasteiger partial charge on any atom is -0.351 e. The monoisotopic (exact) mass is 522 g/mol. The molecule has 202 valence electrons. The average Bonchev–Trinajstić information content (AvgIpc) is 3.52. The van der Waals surface area contributed by atoms with Gasteiger partial charge in [-0.25, -0.2) is 0 Å². The minimum atomic E-state index is -0.0964. The van der Waals surface area contributed by atoms with Gasteiger partial charge in [-0.2, -0.15) is 0 Å². The van der Waals surface area contributed by atoms with E-state index in [-0.39, 0.29) is 17.7 Å². The molecule has 6 heteroatoms. The Morgan fingerprint density at radius 2 is 1.54 bits per heavy atom. The Bertz CT molecular complexity index is 1370. The lowest BCUT2D eigenvalue weighted by Crippen LogP contribution is -2.32. The maximum Gasteiger partial charge on any atom is 0.268 e. The topological polar surface area (TPSA) is 57.6 Å². The van der Waals surface area contributed by atoms with Crippen molar-refractivity contribution in [2.45, 2.75) is 31.7 Å². The zero-order chi connectivity index (χ0) is 27.2. The summed E-state index contributed by atoms with van der Waals surface area (Å²) in [6.45, 7) is 3.56. The Kier molecular flexibility index (Phi) is 8.42. The summed E-state index contributed by atoms with van der Waals surface area (Å²) in [5, 5.41) is 4.31. The Labute approximate surface area is 231 Å². The molecule has 1 fully saturated rings. The summed E-state index contributed by atoms with van der Waals surface area (Å²) < 4.78 is 2.20. The molecule has 3 aromatic carbocycles. The number of amides is 2. The van der Waals surface area contributed by atoms with Crippen molar-refractivity contribution in [1.82, 2.24) is 19.7 Å². The van der Waals surface area contributed by atoms with Crippen LogP contribution in [0.4, 0.5) is 0 Å². The molecule has 1 aliphatic rings. The molecule has 6 nitrogen and oxygen atoms in total. The van der Waals surface area contributed by atoms with Crippen LogP contribution in [0.25, 0.3) is 10.9 Å². The third kappa shape index (κ3) is 5.91. The van der Waals surface area contributed by atoms with E-state index in [0.29, 0.717) is 31.7 Å². The van der Waals surface area contributed by atoms with Crippen molar-refractivity contribution >= 4 is 22.7 Å². The van der Waals surface area contributed by atoms with E-state index in [1.165, 1.54) is 0 Å². The Morgan fingerprint density at radius 3 is 2.15 bits per heavy atom. The summed E-state index contributed by atoms with van der Waals surface area (Å²) in [6.07, 6.45) is 2.31. The van der Waals surface area contributed by atoms with E-state index in [1.54, 1.807) is 0 Å². The number of nitrogens with zero attached hydrogens (tertiary/aromatic N) is 3. The van der Waals surface area contributed by atoms with Crippen LogP contribution >= 0.6 is 0 Å². The smallest absolute Gasteiger partial charge is 0.268 e. The molecular formula is C33H38N4O2. The first kappa shape index (κ1) is 26.7. The molecule has 1 aromatic heterocycles. The molecule has 4 aromatic rings. The number of carbonyl (C=O) groups excluding carboxylic acids is 2. The van der Waals surface area contributed by atoms with E-state index < -0.39 is 0 Å². The predicted molar refractivity (Wildman–Crippen MR) is 157 cm³/mol. The highest BCUT2D eigenvalue weighted by Gasteiger charge is 2.30. The average molecular weight is 523 g/mol. The van der Waals surface area contributed by atoms with Crippen LogP contribution in [0.2, 0.25) is 0 Å². The molecule has 1 N–H and O–H groups in total. The number of likely N-dealkylation sites (N-methyl/N-ethyl adjacent to an activating group) is 1. The fourth-order valence-electron chi connectivity index (χ4n) is 5.71. The second-order valence-electron chi connectivity index (χ2n) is 10.6. The van der Waals surface area contributed by atoms with Gasteiger partial charge in [0.05, 0.1) is 0 Å². The maximum atomic E-state index is 14.1. The van der Waals surface area contributed by atoms with Crippen molar-refractivity contribution in [2.24, 2.45) is 0 Å². The van der Waals surface area contributed by atoms with Crippen LogP contribution in [-0.2, 0) is 11.3 Å². The third-order valence-electron chi connectivity index (χ3n) is 7.61. The first-order valence-corrected chi connectivity index (χ1v) is 14.0. The number of rotatable bonds is 11.